The number of rotatable bonds is 5. The lowest BCUT2D eigenvalue weighted by Crippen LogP contribution is -2.51. The highest BCUT2D eigenvalue weighted by molar-refractivity contribution is 5.87. The summed E-state index contributed by atoms with van der Waals surface area (Å²) in [5.74, 6) is -9.27. The van der Waals surface area contributed by atoms with Gasteiger partial charge < -0.3 is 10.1 Å². The third-order valence-corrected chi connectivity index (χ3v) is 1.61. The predicted molar refractivity (Wildman–Crippen MR) is 49.8 cm³/mol. The van der Waals surface area contributed by atoms with Gasteiger partial charge in [0.05, 0.1) is 0 Å². The van der Waals surface area contributed by atoms with Crippen molar-refractivity contribution < 1.29 is 36.3 Å². The third-order valence-electron chi connectivity index (χ3n) is 1.61. The lowest BCUT2D eigenvalue weighted by atomic mass is 10.3. The van der Waals surface area contributed by atoms with Gasteiger partial charge >= 0.3 is 24.0 Å². The summed E-state index contributed by atoms with van der Waals surface area (Å²) in [6.45, 7) is 0.391. The molecule has 0 aliphatic heterocycles. The Morgan fingerprint density at radius 2 is 1.78 bits per heavy atom. The van der Waals surface area contributed by atoms with Crippen LogP contribution in [0.4, 0.5) is 22.0 Å². The van der Waals surface area contributed by atoms with Crippen LogP contribution in [0.5, 0.6) is 0 Å². The topological polar surface area (TPSA) is 55.4 Å². The van der Waals surface area contributed by atoms with Crippen LogP contribution in [0.2, 0.25) is 0 Å². The highest BCUT2D eigenvalue weighted by Gasteiger charge is 2.63. The van der Waals surface area contributed by atoms with E-state index in [-0.39, 0.29) is 6.61 Å². The average Bonchev–Trinajstić information content (AvgIpc) is 2.24. The Morgan fingerprint density at radius 3 is 2.22 bits per heavy atom. The van der Waals surface area contributed by atoms with E-state index in [0.717, 1.165) is 5.32 Å². The molecular formula is C9H10F5NO3. The Morgan fingerprint density at radius 1 is 1.22 bits per heavy atom. The molecule has 0 radical (unpaired) electrons. The summed E-state index contributed by atoms with van der Waals surface area (Å²) in [7, 11) is 0. The summed E-state index contributed by atoms with van der Waals surface area (Å²) in [4.78, 5) is 21.3. The molecule has 0 saturated heterocycles. The van der Waals surface area contributed by atoms with E-state index in [1.165, 1.54) is 12.2 Å². The monoisotopic (exact) mass is 275 g/mol. The molecule has 4 nitrogen and oxygen atoms in total. The number of allylic oxidation sites excluding steroid dienone is 1. The van der Waals surface area contributed by atoms with Gasteiger partial charge in [0.15, 0.2) is 0 Å². The summed E-state index contributed by atoms with van der Waals surface area (Å²) < 4.78 is 64.3. The van der Waals surface area contributed by atoms with Crippen molar-refractivity contribution in [2.45, 2.75) is 19.0 Å². The van der Waals surface area contributed by atoms with Gasteiger partial charge in [0.2, 0.25) is 0 Å². The number of halogens is 5. The number of hydrogen-bond donors (Lipinski definition) is 1. The van der Waals surface area contributed by atoms with Crippen LogP contribution < -0.4 is 5.32 Å². The van der Waals surface area contributed by atoms with Gasteiger partial charge in [0.25, 0.3) is 0 Å². The van der Waals surface area contributed by atoms with Gasteiger partial charge in [-0.2, -0.15) is 22.0 Å². The zero-order chi connectivity index (χ0) is 14.4. The Kier molecular flexibility index (Phi) is 5.73. The molecule has 0 spiro atoms. The fraction of sp³-hybridized carbons (Fsp3) is 0.556. The number of hydrogen-bond acceptors (Lipinski definition) is 3. The smallest absolute Gasteiger partial charge is 0.460 e. The predicted octanol–water partition coefficient (Wildman–Crippen LogP) is 1.42. The minimum atomic E-state index is -6.01. The summed E-state index contributed by atoms with van der Waals surface area (Å²) >= 11 is 0. The second-order valence-corrected chi connectivity index (χ2v) is 3.01. The second-order valence-electron chi connectivity index (χ2n) is 3.01. The largest absolute Gasteiger partial charge is 0.463 e. The van der Waals surface area contributed by atoms with Crippen molar-refractivity contribution in [2.24, 2.45) is 0 Å². The van der Waals surface area contributed by atoms with E-state index in [1.807, 2.05) is 0 Å². The number of carbonyl (C=O) groups excluding carboxylic acids is 2. The molecule has 0 aromatic carbocycles. The number of nitrogens with one attached hydrogen (secondary N) is 1. The maximum Gasteiger partial charge on any atom is 0.463 e. The van der Waals surface area contributed by atoms with Gasteiger partial charge in [-0.1, -0.05) is 12.2 Å². The molecule has 0 rings (SSSR count). The highest BCUT2D eigenvalue weighted by Crippen LogP contribution is 2.35. The Bertz CT molecular complexity index is 338. The van der Waals surface area contributed by atoms with Crippen LogP contribution in [0, 0.1) is 0 Å². The maximum absolute atomic E-state index is 12.4. The van der Waals surface area contributed by atoms with Crippen LogP contribution in [0.3, 0.4) is 0 Å². The fourth-order valence-corrected chi connectivity index (χ4v) is 0.681. The molecule has 0 unspecified atom stereocenters. The van der Waals surface area contributed by atoms with E-state index < -0.39 is 30.5 Å². The van der Waals surface area contributed by atoms with Gasteiger partial charge in [-0.25, -0.2) is 0 Å². The molecule has 0 aliphatic rings. The second kappa shape index (κ2) is 6.31. The van der Waals surface area contributed by atoms with Crippen molar-refractivity contribution in [1.29, 1.82) is 0 Å². The molecule has 104 valence electrons. The molecule has 0 aromatic heterocycles. The zero-order valence-corrected chi connectivity index (χ0v) is 9.18. The van der Waals surface area contributed by atoms with Crippen LogP contribution >= 0.6 is 0 Å². The SMILES string of the molecule is C/C=C\COC(=O)CNC(=O)C(F)(F)C(F)(F)F. The first-order valence-corrected chi connectivity index (χ1v) is 4.62. The van der Waals surface area contributed by atoms with Crippen LogP contribution in [-0.4, -0.2) is 37.1 Å². The van der Waals surface area contributed by atoms with E-state index in [1.54, 1.807) is 6.92 Å². The van der Waals surface area contributed by atoms with Crippen LogP contribution in [0.15, 0.2) is 12.2 Å². The number of alkyl halides is 5. The van der Waals surface area contributed by atoms with Crippen molar-refractivity contribution in [3.63, 3.8) is 0 Å². The summed E-state index contributed by atoms with van der Waals surface area (Å²) in [6, 6.07) is 0. The summed E-state index contributed by atoms with van der Waals surface area (Å²) in [5.41, 5.74) is 0. The van der Waals surface area contributed by atoms with Gasteiger partial charge in [-0.15, -0.1) is 0 Å². The van der Waals surface area contributed by atoms with Crippen molar-refractivity contribution in [2.75, 3.05) is 13.2 Å². The Hall–Kier alpha value is -1.67. The lowest BCUT2D eigenvalue weighted by Gasteiger charge is -2.18. The number of carbonyl (C=O) groups is 2. The zero-order valence-electron chi connectivity index (χ0n) is 9.18. The van der Waals surface area contributed by atoms with E-state index >= 15 is 0 Å². The van der Waals surface area contributed by atoms with Gasteiger partial charge in [-0.05, 0) is 6.92 Å². The molecule has 18 heavy (non-hydrogen) atoms. The minimum absolute atomic E-state index is 0.166. The van der Waals surface area contributed by atoms with E-state index in [2.05, 4.69) is 4.74 Å². The Balaban J connectivity index is 4.23. The van der Waals surface area contributed by atoms with Crippen molar-refractivity contribution in [3.05, 3.63) is 12.2 Å². The van der Waals surface area contributed by atoms with Crippen molar-refractivity contribution in [1.82, 2.24) is 5.32 Å². The first-order valence-electron chi connectivity index (χ1n) is 4.62. The van der Waals surface area contributed by atoms with E-state index in [4.69, 9.17) is 0 Å². The molecule has 9 heteroatoms. The molecule has 0 aromatic rings. The molecule has 1 amide bonds. The first-order chi connectivity index (χ1) is 8.13. The first kappa shape index (κ1) is 16.3. The van der Waals surface area contributed by atoms with Crippen LogP contribution in [0.1, 0.15) is 6.92 Å². The van der Waals surface area contributed by atoms with Crippen LogP contribution in [0.25, 0.3) is 0 Å². The molecule has 0 heterocycles. The van der Waals surface area contributed by atoms with Gasteiger partial charge in [-0.3, -0.25) is 9.59 Å². The van der Waals surface area contributed by atoms with Crippen molar-refractivity contribution >= 4 is 11.9 Å². The molecule has 0 aliphatic carbocycles. The molecule has 1 N–H and O–H groups in total. The lowest BCUT2D eigenvalue weighted by molar-refractivity contribution is -0.269. The molecule has 0 bridgehead atoms. The fourth-order valence-electron chi connectivity index (χ4n) is 0.681. The molecular weight excluding hydrogens is 265 g/mol. The van der Waals surface area contributed by atoms with E-state index in [9.17, 15) is 31.5 Å². The van der Waals surface area contributed by atoms with Gasteiger partial charge in [0, 0.05) is 0 Å². The maximum atomic E-state index is 12.4. The van der Waals surface area contributed by atoms with Gasteiger partial charge in [0.1, 0.15) is 13.2 Å². The quantitative estimate of drug-likeness (QED) is 0.469. The third kappa shape index (κ3) is 4.68. The summed E-state index contributed by atoms with van der Waals surface area (Å²) in [6.07, 6.45) is -3.07. The number of esters is 1. The summed E-state index contributed by atoms with van der Waals surface area (Å²) in [5, 5.41) is 1.15. The van der Waals surface area contributed by atoms with Crippen molar-refractivity contribution in [3.8, 4) is 0 Å². The standard InChI is InChI=1S/C9H10F5NO3/c1-2-3-4-18-6(16)5-15-7(17)8(10,11)9(12,13)14/h2-3H,4-5H2,1H3,(H,15,17)/b3-2-. The molecule has 0 saturated carbocycles. The van der Waals surface area contributed by atoms with E-state index in [0.29, 0.717) is 0 Å². The number of amides is 1. The molecule has 0 atom stereocenters. The normalized spacial score (nSPS) is 12.6. The average molecular weight is 275 g/mol. The van der Waals surface area contributed by atoms with Crippen LogP contribution in [-0.2, 0) is 14.3 Å². The number of ether oxygens (including phenoxy) is 1. The highest BCUT2D eigenvalue weighted by atomic mass is 19.4. The Labute approximate surface area is 98.8 Å². The molecule has 0 fully saturated rings. The minimum Gasteiger partial charge on any atom is -0.460 e.